The maximum absolute atomic E-state index is 12.8. The van der Waals surface area contributed by atoms with Crippen LogP contribution in [0.5, 0.6) is 0 Å². The average molecular weight is 288 g/mol. The highest BCUT2D eigenvalue weighted by molar-refractivity contribution is 5.83. The molecule has 114 valence electrons. The fraction of sp³-hybridized carbons (Fsp3) is 0.588. The topological polar surface area (TPSA) is 41.6 Å². The van der Waals surface area contributed by atoms with E-state index in [0.717, 1.165) is 31.5 Å². The molecule has 1 aliphatic heterocycles. The highest BCUT2D eigenvalue weighted by Gasteiger charge is 2.30. The minimum atomic E-state index is -0.185. The third-order valence-corrected chi connectivity index (χ3v) is 4.48. The predicted octanol–water partition coefficient (Wildman–Crippen LogP) is 2.12. The number of carbonyl (C=O) groups is 1. The molecule has 1 aromatic carbocycles. The molecule has 4 heteroatoms. The maximum Gasteiger partial charge on any atom is 0.242 e. The van der Waals surface area contributed by atoms with E-state index < -0.39 is 0 Å². The molecule has 0 unspecified atom stereocenters. The molecule has 3 rings (SSSR count). The van der Waals surface area contributed by atoms with Gasteiger partial charge in [0.2, 0.25) is 5.91 Å². The molecule has 1 atom stereocenters. The molecule has 4 nitrogen and oxygen atoms in total. The fourth-order valence-electron chi connectivity index (χ4n) is 3.35. The van der Waals surface area contributed by atoms with Crippen molar-refractivity contribution in [2.24, 2.45) is 0 Å². The van der Waals surface area contributed by atoms with E-state index in [9.17, 15) is 4.79 Å². The van der Waals surface area contributed by atoms with Gasteiger partial charge in [0.05, 0.1) is 13.2 Å². The zero-order valence-corrected chi connectivity index (χ0v) is 12.5. The number of nitrogens with zero attached hydrogens (tertiary/aromatic N) is 1. The number of carbonyl (C=O) groups excluding carboxylic acids is 1. The Bertz CT molecular complexity index is 451. The first-order valence-corrected chi connectivity index (χ1v) is 8.02. The van der Waals surface area contributed by atoms with Gasteiger partial charge in [-0.15, -0.1) is 0 Å². The second kappa shape index (κ2) is 7.05. The van der Waals surface area contributed by atoms with Crippen molar-refractivity contribution < 1.29 is 9.53 Å². The molecule has 21 heavy (non-hydrogen) atoms. The van der Waals surface area contributed by atoms with Gasteiger partial charge >= 0.3 is 0 Å². The third kappa shape index (κ3) is 3.63. The average Bonchev–Trinajstić information content (AvgIpc) is 3.02. The van der Waals surface area contributed by atoms with Crippen molar-refractivity contribution in [1.82, 2.24) is 10.2 Å². The lowest BCUT2D eigenvalue weighted by atomic mass is 10.0. The number of rotatable bonds is 4. The lowest BCUT2D eigenvalue weighted by Gasteiger charge is -2.34. The van der Waals surface area contributed by atoms with Gasteiger partial charge in [0.1, 0.15) is 6.04 Å². The molecular formula is C17H24N2O2. The number of morpholine rings is 1. The summed E-state index contributed by atoms with van der Waals surface area (Å²) >= 11 is 0. The molecule has 1 amide bonds. The summed E-state index contributed by atoms with van der Waals surface area (Å²) in [4.78, 5) is 15.0. The number of benzene rings is 1. The van der Waals surface area contributed by atoms with Gasteiger partial charge in [0.25, 0.3) is 0 Å². The summed E-state index contributed by atoms with van der Waals surface area (Å²) in [7, 11) is 0. The summed E-state index contributed by atoms with van der Waals surface area (Å²) in [5.41, 5.74) is 1.08. The van der Waals surface area contributed by atoms with E-state index in [1.807, 2.05) is 30.3 Å². The lowest BCUT2D eigenvalue weighted by molar-refractivity contribution is -0.129. The van der Waals surface area contributed by atoms with Gasteiger partial charge in [-0.2, -0.15) is 0 Å². The summed E-state index contributed by atoms with van der Waals surface area (Å²) in [6, 6.07) is 10.3. The van der Waals surface area contributed by atoms with Gasteiger partial charge in [-0.1, -0.05) is 43.2 Å². The first-order valence-electron chi connectivity index (χ1n) is 8.02. The van der Waals surface area contributed by atoms with Crippen LogP contribution in [0.1, 0.15) is 37.3 Å². The van der Waals surface area contributed by atoms with Crippen LogP contribution in [-0.2, 0) is 9.53 Å². The van der Waals surface area contributed by atoms with Crippen molar-refractivity contribution >= 4 is 5.91 Å². The van der Waals surface area contributed by atoms with Crippen LogP contribution in [0.3, 0.4) is 0 Å². The number of hydrogen-bond donors (Lipinski definition) is 1. The van der Waals surface area contributed by atoms with Gasteiger partial charge < -0.3 is 10.1 Å². The Labute approximate surface area is 126 Å². The first kappa shape index (κ1) is 14.5. The fourth-order valence-corrected chi connectivity index (χ4v) is 3.35. The monoisotopic (exact) mass is 288 g/mol. The third-order valence-electron chi connectivity index (χ3n) is 4.48. The SMILES string of the molecule is O=C(NC1CCCC1)[C@H](c1ccccc1)N1CCOCC1. The van der Waals surface area contributed by atoms with Crippen LogP contribution in [-0.4, -0.2) is 43.2 Å². The lowest BCUT2D eigenvalue weighted by Crippen LogP contribution is -2.47. The minimum absolute atomic E-state index is 0.148. The van der Waals surface area contributed by atoms with Crippen LogP contribution in [0.25, 0.3) is 0 Å². The van der Waals surface area contributed by atoms with Crippen molar-refractivity contribution in [2.75, 3.05) is 26.3 Å². The zero-order valence-electron chi connectivity index (χ0n) is 12.5. The van der Waals surface area contributed by atoms with E-state index in [2.05, 4.69) is 10.2 Å². The Hall–Kier alpha value is -1.39. The van der Waals surface area contributed by atoms with Gasteiger partial charge in [0, 0.05) is 19.1 Å². The van der Waals surface area contributed by atoms with Crippen LogP contribution < -0.4 is 5.32 Å². The Kier molecular flexibility index (Phi) is 4.88. The molecule has 1 aromatic rings. The second-order valence-corrected chi connectivity index (χ2v) is 5.95. The minimum Gasteiger partial charge on any atom is -0.379 e. The summed E-state index contributed by atoms with van der Waals surface area (Å²) in [6.45, 7) is 3.05. The molecule has 2 aliphatic rings. The quantitative estimate of drug-likeness (QED) is 0.922. The van der Waals surface area contributed by atoms with Crippen LogP contribution in [0.15, 0.2) is 30.3 Å². The Morgan fingerprint density at radius 2 is 1.81 bits per heavy atom. The van der Waals surface area contributed by atoms with E-state index >= 15 is 0 Å². The molecule has 2 fully saturated rings. The van der Waals surface area contributed by atoms with Crippen molar-refractivity contribution in [3.05, 3.63) is 35.9 Å². The first-order chi connectivity index (χ1) is 10.3. The van der Waals surface area contributed by atoms with Gasteiger partial charge in [-0.25, -0.2) is 0 Å². The standard InChI is InChI=1S/C17H24N2O2/c20-17(18-15-8-4-5-9-15)16(14-6-2-1-3-7-14)19-10-12-21-13-11-19/h1-3,6-7,15-16H,4-5,8-13H2,(H,18,20)/t16-/m0/s1. The largest absolute Gasteiger partial charge is 0.379 e. The number of ether oxygens (including phenoxy) is 1. The molecule has 1 aliphatic carbocycles. The van der Waals surface area contributed by atoms with E-state index in [-0.39, 0.29) is 11.9 Å². The van der Waals surface area contributed by atoms with E-state index in [0.29, 0.717) is 19.3 Å². The summed E-state index contributed by atoms with van der Waals surface area (Å²) < 4.78 is 5.43. The van der Waals surface area contributed by atoms with Gasteiger partial charge in [-0.3, -0.25) is 9.69 Å². The number of amides is 1. The molecule has 0 radical (unpaired) electrons. The highest BCUT2D eigenvalue weighted by atomic mass is 16.5. The number of hydrogen-bond acceptors (Lipinski definition) is 3. The summed E-state index contributed by atoms with van der Waals surface area (Å²) in [5, 5.41) is 3.25. The Balaban J connectivity index is 1.75. The van der Waals surface area contributed by atoms with Crippen molar-refractivity contribution in [1.29, 1.82) is 0 Å². The molecular weight excluding hydrogens is 264 g/mol. The van der Waals surface area contributed by atoms with E-state index in [1.54, 1.807) is 0 Å². The Morgan fingerprint density at radius 3 is 2.48 bits per heavy atom. The summed E-state index contributed by atoms with van der Waals surface area (Å²) in [5.74, 6) is 0.148. The van der Waals surface area contributed by atoms with Crippen LogP contribution in [0.4, 0.5) is 0 Å². The summed E-state index contributed by atoms with van der Waals surface area (Å²) in [6.07, 6.45) is 4.71. The predicted molar refractivity (Wildman–Crippen MR) is 82.0 cm³/mol. The second-order valence-electron chi connectivity index (χ2n) is 5.95. The molecule has 0 bridgehead atoms. The maximum atomic E-state index is 12.8. The number of nitrogens with one attached hydrogen (secondary N) is 1. The van der Waals surface area contributed by atoms with Gasteiger partial charge in [0.15, 0.2) is 0 Å². The van der Waals surface area contributed by atoms with Crippen LogP contribution in [0.2, 0.25) is 0 Å². The molecule has 1 heterocycles. The van der Waals surface area contributed by atoms with E-state index in [1.165, 1.54) is 12.8 Å². The molecule has 0 spiro atoms. The van der Waals surface area contributed by atoms with Crippen molar-refractivity contribution in [3.63, 3.8) is 0 Å². The molecule has 1 N–H and O–H groups in total. The van der Waals surface area contributed by atoms with E-state index in [4.69, 9.17) is 4.74 Å². The zero-order chi connectivity index (χ0) is 14.5. The molecule has 0 aromatic heterocycles. The van der Waals surface area contributed by atoms with Crippen LogP contribution >= 0.6 is 0 Å². The van der Waals surface area contributed by atoms with Gasteiger partial charge in [-0.05, 0) is 18.4 Å². The molecule has 1 saturated heterocycles. The molecule has 1 saturated carbocycles. The van der Waals surface area contributed by atoms with Crippen molar-refractivity contribution in [3.8, 4) is 0 Å². The van der Waals surface area contributed by atoms with Crippen LogP contribution in [0, 0.1) is 0 Å². The normalized spacial score (nSPS) is 22.1. The highest BCUT2D eigenvalue weighted by Crippen LogP contribution is 2.24. The smallest absolute Gasteiger partial charge is 0.242 e. The Morgan fingerprint density at radius 1 is 1.14 bits per heavy atom. The van der Waals surface area contributed by atoms with Crippen molar-refractivity contribution in [2.45, 2.75) is 37.8 Å².